The smallest absolute Gasteiger partial charge is 0.326 e. The Kier molecular flexibility index (Phi) is 12.4. The van der Waals surface area contributed by atoms with Gasteiger partial charge in [-0.3, -0.25) is 19.4 Å². The number of aromatic nitrogens is 1. The van der Waals surface area contributed by atoms with Crippen LogP contribution in [0.4, 0.5) is 0 Å². The third-order valence-corrected chi connectivity index (χ3v) is 6.62. The SMILES string of the molecule is CCC(C)C(NC(=O)C(CO)NC(=O)C(CCCN=C(N)N)NC(=O)C(N)Cc1c[nH]c2ccccc12)C(=O)O. The normalized spacial score (nSPS) is 14.8. The van der Waals surface area contributed by atoms with Gasteiger partial charge in [0.05, 0.1) is 12.6 Å². The zero-order valence-electron chi connectivity index (χ0n) is 22.7. The third kappa shape index (κ3) is 9.24. The number of carbonyl (C=O) groups is 4. The highest BCUT2D eigenvalue weighted by molar-refractivity contribution is 5.94. The summed E-state index contributed by atoms with van der Waals surface area (Å²) in [6.45, 7) is 2.83. The summed E-state index contributed by atoms with van der Waals surface area (Å²) in [6.07, 6.45) is 2.85. The van der Waals surface area contributed by atoms with E-state index in [0.29, 0.717) is 12.8 Å². The van der Waals surface area contributed by atoms with Crippen molar-refractivity contribution in [2.75, 3.05) is 13.2 Å². The number of hydrogen-bond donors (Lipinski definition) is 9. The van der Waals surface area contributed by atoms with Crippen molar-refractivity contribution in [2.45, 2.75) is 63.7 Å². The van der Waals surface area contributed by atoms with E-state index in [1.165, 1.54) is 0 Å². The monoisotopic (exact) mass is 560 g/mol. The van der Waals surface area contributed by atoms with Crippen LogP contribution in [0.3, 0.4) is 0 Å². The first-order valence-corrected chi connectivity index (χ1v) is 13.1. The maximum absolute atomic E-state index is 13.1. The summed E-state index contributed by atoms with van der Waals surface area (Å²) in [4.78, 5) is 57.4. The first kappa shape index (κ1) is 32.0. The average Bonchev–Trinajstić information content (AvgIpc) is 3.33. The molecule has 2 aromatic rings. The number of aromatic amines is 1. The van der Waals surface area contributed by atoms with Crippen LogP contribution in [0.15, 0.2) is 35.5 Å². The molecular weight excluding hydrogens is 520 g/mol. The number of fused-ring (bicyclic) bond motifs is 1. The summed E-state index contributed by atoms with van der Waals surface area (Å²) in [7, 11) is 0. The number of hydrogen-bond acceptors (Lipinski definition) is 7. The van der Waals surface area contributed by atoms with Crippen molar-refractivity contribution in [1.82, 2.24) is 20.9 Å². The number of nitrogens with zero attached hydrogens (tertiary/aromatic N) is 1. The van der Waals surface area contributed by atoms with Crippen LogP contribution in [0.2, 0.25) is 0 Å². The van der Waals surface area contributed by atoms with Crippen LogP contribution in [-0.4, -0.2) is 82.2 Å². The van der Waals surface area contributed by atoms with E-state index >= 15 is 0 Å². The lowest BCUT2D eigenvalue weighted by Crippen LogP contribution is -2.58. The number of guanidine groups is 1. The van der Waals surface area contributed by atoms with Gasteiger partial charge in [0.25, 0.3) is 0 Å². The minimum atomic E-state index is -1.45. The minimum absolute atomic E-state index is 0.0958. The Morgan fingerprint density at radius 2 is 1.68 bits per heavy atom. The molecule has 14 nitrogen and oxygen atoms in total. The topological polar surface area (TPSA) is 251 Å². The van der Waals surface area contributed by atoms with Gasteiger partial charge in [-0.15, -0.1) is 0 Å². The number of aliphatic imine (C=N–C) groups is 1. The van der Waals surface area contributed by atoms with Crippen molar-refractivity contribution in [2.24, 2.45) is 28.1 Å². The summed E-state index contributed by atoms with van der Waals surface area (Å²) < 4.78 is 0. The highest BCUT2D eigenvalue weighted by Crippen LogP contribution is 2.19. The summed E-state index contributed by atoms with van der Waals surface area (Å²) in [5.41, 5.74) is 18.6. The summed E-state index contributed by atoms with van der Waals surface area (Å²) >= 11 is 0. The second-order valence-electron chi connectivity index (χ2n) is 9.63. The number of H-pyrrole nitrogens is 1. The predicted octanol–water partition coefficient (Wildman–Crippen LogP) is -1.33. The Morgan fingerprint density at radius 1 is 1.02 bits per heavy atom. The molecule has 3 amide bonds. The van der Waals surface area contributed by atoms with Crippen LogP contribution in [0, 0.1) is 5.92 Å². The van der Waals surface area contributed by atoms with Crippen molar-refractivity contribution in [3.63, 3.8) is 0 Å². The van der Waals surface area contributed by atoms with Crippen LogP contribution in [-0.2, 0) is 25.6 Å². The molecule has 0 aliphatic rings. The Bertz CT molecular complexity index is 1190. The molecule has 0 aliphatic heterocycles. The van der Waals surface area contributed by atoms with E-state index in [-0.39, 0.29) is 25.3 Å². The molecule has 0 bridgehead atoms. The molecule has 5 atom stereocenters. The second kappa shape index (κ2) is 15.4. The second-order valence-corrected chi connectivity index (χ2v) is 9.63. The maximum Gasteiger partial charge on any atom is 0.326 e. The number of para-hydroxylation sites is 1. The van der Waals surface area contributed by atoms with E-state index in [1.54, 1.807) is 20.0 Å². The number of nitrogens with two attached hydrogens (primary N) is 3. The molecule has 14 heteroatoms. The van der Waals surface area contributed by atoms with Crippen molar-refractivity contribution in [3.05, 3.63) is 36.0 Å². The molecule has 2 rings (SSSR count). The molecule has 1 heterocycles. The lowest BCUT2D eigenvalue weighted by Gasteiger charge is -2.25. The fourth-order valence-electron chi connectivity index (χ4n) is 4.08. The number of carbonyl (C=O) groups excluding carboxylic acids is 3. The number of rotatable bonds is 16. The number of aliphatic hydroxyl groups is 1. The molecular formula is C26H40N8O6. The van der Waals surface area contributed by atoms with E-state index in [0.717, 1.165) is 16.5 Å². The number of benzene rings is 1. The van der Waals surface area contributed by atoms with E-state index in [1.807, 2.05) is 24.3 Å². The minimum Gasteiger partial charge on any atom is -0.480 e. The predicted molar refractivity (Wildman–Crippen MR) is 150 cm³/mol. The Morgan fingerprint density at radius 3 is 2.30 bits per heavy atom. The quantitative estimate of drug-likeness (QED) is 0.0669. The Balaban J connectivity index is 2.12. The zero-order valence-corrected chi connectivity index (χ0v) is 22.7. The fourth-order valence-corrected chi connectivity index (χ4v) is 4.08. The first-order chi connectivity index (χ1) is 19.0. The Hall–Kier alpha value is -4.17. The lowest BCUT2D eigenvalue weighted by atomic mass is 9.99. The summed E-state index contributed by atoms with van der Waals surface area (Å²) in [5.74, 6) is -3.98. The van der Waals surface area contributed by atoms with E-state index in [4.69, 9.17) is 17.2 Å². The van der Waals surface area contributed by atoms with Gasteiger partial charge in [0.1, 0.15) is 18.1 Å². The highest BCUT2D eigenvalue weighted by Gasteiger charge is 2.31. The van der Waals surface area contributed by atoms with Gasteiger partial charge in [0.2, 0.25) is 17.7 Å². The molecule has 0 saturated carbocycles. The van der Waals surface area contributed by atoms with E-state index < -0.39 is 60.4 Å². The molecule has 220 valence electrons. The number of aliphatic carboxylic acids is 1. The largest absolute Gasteiger partial charge is 0.480 e. The molecule has 12 N–H and O–H groups in total. The molecule has 1 aromatic carbocycles. The molecule has 40 heavy (non-hydrogen) atoms. The van der Waals surface area contributed by atoms with Crippen LogP contribution >= 0.6 is 0 Å². The molecule has 0 saturated heterocycles. The van der Waals surface area contributed by atoms with Gasteiger partial charge in [-0.1, -0.05) is 38.5 Å². The first-order valence-electron chi connectivity index (χ1n) is 13.1. The Labute approximate surface area is 232 Å². The molecule has 0 radical (unpaired) electrons. The van der Waals surface area contributed by atoms with Gasteiger partial charge in [0, 0.05) is 23.6 Å². The average molecular weight is 561 g/mol. The molecule has 1 aromatic heterocycles. The van der Waals surface area contributed by atoms with Crippen LogP contribution in [0.5, 0.6) is 0 Å². The standard InChI is InChI=1S/C26H40N8O6/c1-3-14(2)21(25(39)40)34-24(38)20(13-35)33-23(37)19(9-6-10-30-26(28)29)32-22(36)17(27)11-15-12-31-18-8-5-4-7-16(15)18/h4-5,7-8,12,14,17,19-21,31,35H,3,6,9-11,13,27H2,1-2H3,(H,32,36)(H,33,37)(H,34,38)(H,39,40)(H4,28,29,30). The fraction of sp³-hybridized carbons (Fsp3) is 0.500. The number of carboxylic acids is 1. The molecule has 5 unspecified atom stereocenters. The van der Waals surface area contributed by atoms with Crippen LogP contribution < -0.4 is 33.2 Å². The number of amides is 3. The molecule has 0 aliphatic carbocycles. The number of aliphatic hydroxyl groups excluding tert-OH is 1. The summed E-state index contributed by atoms with van der Waals surface area (Å²) in [5, 5.41) is 27.5. The van der Waals surface area contributed by atoms with Crippen molar-refractivity contribution in [3.8, 4) is 0 Å². The molecule has 0 fully saturated rings. The number of nitrogens with one attached hydrogen (secondary N) is 4. The van der Waals surface area contributed by atoms with Crippen molar-refractivity contribution < 1.29 is 29.4 Å². The van der Waals surface area contributed by atoms with Gasteiger partial charge >= 0.3 is 5.97 Å². The summed E-state index contributed by atoms with van der Waals surface area (Å²) in [6, 6.07) is 2.78. The van der Waals surface area contributed by atoms with Crippen LogP contribution in [0.1, 0.15) is 38.7 Å². The van der Waals surface area contributed by atoms with Gasteiger partial charge in [-0.25, -0.2) is 4.79 Å². The van der Waals surface area contributed by atoms with Gasteiger partial charge < -0.3 is 48.3 Å². The van der Waals surface area contributed by atoms with Crippen LogP contribution in [0.25, 0.3) is 10.9 Å². The maximum atomic E-state index is 13.1. The number of carboxylic acid groups (broad SMARTS) is 1. The van der Waals surface area contributed by atoms with E-state index in [9.17, 15) is 29.4 Å². The third-order valence-electron chi connectivity index (χ3n) is 6.62. The van der Waals surface area contributed by atoms with Gasteiger partial charge in [0.15, 0.2) is 5.96 Å². The zero-order chi connectivity index (χ0) is 29.8. The van der Waals surface area contributed by atoms with Crippen molar-refractivity contribution >= 4 is 40.6 Å². The molecule has 0 spiro atoms. The van der Waals surface area contributed by atoms with E-state index in [2.05, 4.69) is 25.9 Å². The van der Waals surface area contributed by atoms with Gasteiger partial charge in [-0.2, -0.15) is 0 Å². The lowest BCUT2D eigenvalue weighted by molar-refractivity contribution is -0.144. The highest BCUT2D eigenvalue weighted by atomic mass is 16.4. The van der Waals surface area contributed by atoms with Gasteiger partial charge in [-0.05, 0) is 36.8 Å². The van der Waals surface area contributed by atoms with Crippen molar-refractivity contribution in [1.29, 1.82) is 0 Å².